The second-order valence-electron chi connectivity index (χ2n) is 2.60. The fourth-order valence-electron chi connectivity index (χ4n) is 0.988. The molecule has 62 valence electrons. The maximum atomic E-state index is 11.1. The van der Waals surface area contributed by atoms with Gasteiger partial charge in [0.1, 0.15) is 11.9 Å². The number of pyridine rings is 1. The monoisotopic (exact) mass is 163 g/mol. The first kappa shape index (κ1) is 8.34. The summed E-state index contributed by atoms with van der Waals surface area (Å²) >= 11 is 0. The van der Waals surface area contributed by atoms with E-state index in [0.717, 1.165) is 0 Å². The van der Waals surface area contributed by atoms with Crippen LogP contribution in [-0.4, -0.2) is 4.57 Å². The fourth-order valence-corrected chi connectivity index (χ4v) is 0.988. The molecule has 4 heteroatoms. The summed E-state index contributed by atoms with van der Waals surface area (Å²) in [5.41, 5.74) is 6.34. The van der Waals surface area contributed by atoms with Crippen LogP contribution in [0.1, 0.15) is 11.1 Å². The number of nitriles is 1. The average molecular weight is 163 g/mol. The second-order valence-corrected chi connectivity index (χ2v) is 2.60. The summed E-state index contributed by atoms with van der Waals surface area (Å²) in [5.74, 6) is 0.225. The molecule has 0 atom stereocenters. The van der Waals surface area contributed by atoms with E-state index in [1.54, 1.807) is 6.92 Å². The maximum absolute atomic E-state index is 11.1. The lowest BCUT2D eigenvalue weighted by molar-refractivity contribution is 0.867. The molecule has 2 N–H and O–H groups in total. The normalized spacial score (nSPS) is 9.42. The molecule has 1 aromatic heterocycles. The summed E-state index contributed by atoms with van der Waals surface area (Å²) < 4.78 is 1.26. The Kier molecular flexibility index (Phi) is 1.88. The molecule has 0 fully saturated rings. The first-order valence-electron chi connectivity index (χ1n) is 3.44. The lowest BCUT2D eigenvalue weighted by Crippen LogP contribution is -2.20. The molecule has 1 rings (SSSR count). The Bertz CT molecular complexity index is 412. The Morgan fingerprint density at radius 2 is 2.25 bits per heavy atom. The third-order valence-corrected chi connectivity index (χ3v) is 1.79. The van der Waals surface area contributed by atoms with Crippen LogP contribution in [-0.2, 0) is 7.05 Å². The minimum absolute atomic E-state index is 0.191. The summed E-state index contributed by atoms with van der Waals surface area (Å²) in [4.78, 5) is 11.1. The number of nitrogens with two attached hydrogens (primary N) is 1. The smallest absolute Gasteiger partial charge is 0.252 e. The number of hydrogen-bond acceptors (Lipinski definition) is 3. The van der Waals surface area contributed by atoms with E-state index < -0.39 is 0 Å². The summed E-state index contributed by atoms with van der Waals surface area (Å²) in [6.07, 6.45) is 0. The molecule has 4 nitrogen and oxygen atoms in total. The third-order valence-electron chi connectivity index (χ3n) is 1.79. The number of aromatic nitrogens is 1. The molecule has 0 amide bonds. The van der Waals surface area contributed by atoms with E-state index in [4.69, 9.17) is 11.0 Å². The molecule has 0 bridgehead atoms. The minimum Gasteiger partial charge on any atom is -0.384 e. The Morgan fingerprint density at radius 1 is 1.67 bits per heavy atom. The van der Waals surface area contributed by atoms with Gasteiger partial charge >= 0.3 is 0 Å². The van der Waals surface area contributed by atoms with Crippen LogP contribution >= 0.6 is 0 Å². The quantitative estimate of drug-likeness (QED) is 0.591. The van der Waals surface area contributed by atoms with Gasteiger partial charge in [-0.3, -0.25) is 9.36 Å². The Labute approximate surface area is 69.8 Å². The highest BCUT2D eigenvalue weighted by Gasteiger charge is 2.06. The highest BCUT2D eigenvalue weighted by atomic mass is 16.1. The van der Waals surface area contributed by atoms with Crippen LogP contribution in [0.3, 0.4) is 0 Å². The molecule has 0 spiro atoms. The second kappa shape index (κ2) is 2.70. The van der Waals surface area contributed by atoms with Gasteiger partial charge in [0.25, 0.3) is 5.56 Å². The van der Waals surface area contributed by atoms with Crippen molar-refractivity contribution in [2.45, 2.75) is 6.92 Å². The van der Waals surface area contributed by atoms with E-state index in [1.165, 1.54) is 17.7 Å². The van der Waals surface area contributed by atoms with Crippen molar-refractivity contribution < 1.29 is 0 Å². The number of nitrogens with zero attached hydrogens (tertiary/aromatic N) is 2. The predicted octanol–water partition coefficient (Wildman–Crippen LogP) is 0.148. The van der Waals surface area contributed by atoms with Crippen LogP contribution in [0.25, 0.3) is 0 Å². The molecule has 12 heavy (non-hydrogen) atoms. The summed E-state index contributed by atoms with van der Waals surface area (Å²) in [5, 5.41) is 8.67. The summed E-state index contributed by atoms with van der Waals surface area (Å²) in [7, 11) is 1.54. The van der Waals surface area contributed by atoms with Crippen LogP contribution in [0, 0.1) is 18.3 Å². The maximum Gasteiger partial charge on any atom is 0.252 e. The SMILES string of the molecule is Cc1cc(=O)n(C)c(N)c1C#N. The molecule has 0 aliphatic rings. The molecule has 1 heterocycles. The number of nitrogen functional groups attached to an aromatic ring is 1. The Balaban J connectivity index is 3.66. The zero-order valence-corrected chi connectivity index (χ0v) is 6.96. The van der Waals surface area contributed by atoms with Crippen LogP contribution in [0.2, 0.25) is 0 Å². The van der Waals surface area contributed by atoms with Gasteiger partial charge in [0.15, 0.2) is 0 Å². The Hall–Kier alpha value is -1.76. The zero-order chi connectivity index (χ0) is 9.30. The van der Waals surface area contributed by atoms with Crippen molar-refractivity contribution in [2.24, 2.45) is 7.05 Å². The highest BCUT2D eigenvalue weighted by molar-refractivity contribution is 5.52. The Morgan fingerprint density at radius 3 is 2.75 bits per heavy atom. The molecular formula is C8H9N3O. The predicted molar refractivity (Wildman–Crippen MR) is 45.5 cm³/mol. The third kappa shape index (κ3) is 1.05. The van der Waals surface area contributed by atoms with Crippen molar-refractivity contribution in [1.82, 2.24) is 4.57 Å². The van der Waals surface area contributed by atoms with Gasteiger partial charge in [0.2, 0.25) is 0 Å². The summed E-state index contributed by atoms with van der Waals surface area (Å²) in [6.45, 7) is 1.69. The van der Waals surface area contributed by atoms with Crippen molar-refractivity contribution >= 4 is 5.82 Å². The van der Waals surface area contributed by atoms with Crippen LogP contribution < -0.4 is 11.3 Å². The number of hydrogen-bond donors (Lipinski definition) is 1. The topological polar surface area (TPSA) is 71.8 Å². The van der Waals surface area contributed by atoms with Crippen molar-refractivity contribution in [3.05, 3.63) is 27.5 Å². The van der Waals surface area contributed by atoms with Crippen LogP contribution in [0.5, 0.6) is 0 Å². The van der Waals surface area contributed by atoms with Gasteiger partial charge in [0.05, 0.1) is 5.56 Å². The molecule has 0 saturated carbocycles. The molecule has 1 aromatic rings. The molecule has 0 radical (unpaired) electrons. The standard InChI is InChI=1S/C8H9N3O/c1-5-3-7(12)11(2)8(10)6(5)4-9/h3H,10H2,1-2H3. The van der Waals surface area contributed by atoms with E-state index in [2.05, 4.69) is 0 Å². The van der Waals surface area contributed by atoms with Gasteiger partial charge in [0, 0.05) is 13.1 Å². The van der Waals surface area contributed by atoms with Gasteiger partial charge in [-0.1, -0.05) is 0 Å². The van der Waals surface area contributed by atoms with E-state index >= 15 is 0 Å². The van der Waals surface area contributed by atoms with Gasteiger partial charge in [-0.2, -0.15) is 5.26 Å². The first-order chi connectivity index (χ1) is 5.57. The van der Waals surface area contributed by atoms with Crippen molar-refractivity contribution in [3.8, 4) is 6.07 Å². The van der Waals surface area contributed by atoms with E-state index in [-0.39, 0.29) is 11.4 Å². The van der Waals surface area contributed by atoms with Crippen molar-refractivity contribution in [1.29, 1.82) is 5.26 Å². The van der Waals surface area contributed by atoms with Gasteiger partial charge < -0.3 is 5.73 Å². The molecule has 0 saturated heterocycles. The van der Waals surface area contributed by atoms with Crippen molar-refractivity contribution in [2.75, 3.05) is 5.73 Å². The number of anilines is 1. The minimum atomic E-state index is -0.191. The number of rotatable bonds is 0. The largest absolute Gasteiger partial charge is 0.384 e. The van der Waals surface area contributed by atoms with E-state index in [1.807, 2.05) is 6.07 Å². The lowest BCUT2D eigenvalue weighted by atomic mass is 10.1. The summed E-state index contributed by atoms with van der Waals surface area (Å²) in [6, 6.07) is 3.34. The number of aryl methyl sites for hydroxylation is 1. The zero-order valence-electron chi connectivity index (χ0n) is 6.96. The molecule has 0 aromatic carbocycles. The molecular weight excluding hydrogens is 154 g/mol. The highest BCUT2D eigenvalue weighted by Crippen LogP contribution is 2.10. The van der Waals surface area contributed by atoms with Crippen molar-refractivity contribution in [3.63, 3.8) is 0 Å². The molecule has 0 aliphatic carbocycles. The van der Waals surface area contributed by atoms with Crippen LogP contribution in [0.4, 0.5) is 5.82 Å². The van der Waals surface area contributed by atoms with E-state index in [9.17, 15) is 4.79 Å². The van der Waals surface area contributed by atoms with Gasteiger partial charge in [-0.05, 0) is 12.5 Å². The molecule has 0 aliphatic heterocycles. The van der Waals surface area contributed by atoms with Gasteiger partial charge in [-0.15, -0.1) is 0 Å². The lowest BCUT2D eigenvalue weighted by Gasteiger charge is -2.05. The van der Waals surface area contributed by atoms with Crippen LogP contribution in [0.15, 0.2) is 10.9 Å². The van der Waals surface area contributed by atoms with E-state index in [0.29, 0.717) is 11.1 Å². The fraction of sp³-hybridized carbons (Fsp3) is 0.250. The van der Waals surface area contributed by atoms with Gasteiger partial charge in [-0.25, -0.2) is 0 Å². The average Bonchev–Trinajstić information content (AvgIpc) is 2.01. The molecule has 0 unspecified atom stereocenters. The first-order valence-corrected chi connectivity index (χ1v) is 3.44.